The van der Waals surface area contributed by atoms with Crippen LogP contribution in [0.5, 0.6) is 0 Å². The average Bonchev–Trinajstić information content (AvgIpc) is 3.52. The molecule has 0 spiro atoms. The summed E-state index contributed by atoms with van der Waals surface area (Å²) < 4.78 is 1.77. The third-order valence-corrected chi connectivity index (χ3v) is 7.10. The summed E-state index contributed by atoms with van der Waals surface area (Å²) in [5.74, 6) is 0.0183. The first-order valence-corrected chi connectivity index (χ1v) is 10.8. The molecule has 3 atom stereocenters. The predicted molar refractivity (Wildman–Crippen MR) is 116 cm³/mol. The summed E-state index contributed by atoms with van der Waals surface area (Å²) in [6, 6.07) is 22.0. The molecule has 0 aliphatic carbocycles. The largest absolute Gasteiger partial charge is 0.396 e. The van der Waals surface area contributed by atoms with Gasteiger partial charge in [-0.15, -0.1) is 0 Å². The van der Waals surface area contributed by atoms with Gasteiger partial charge >= 0.3 is 0 Å². The van der Waals surface area contributed by atoms with Gasteiger partial charge in [0, 0.05) is 23.1 Å². The second-order valence-corrected chi connectivity index (χ2v) is 8.57. The topological polar surface area (TPSA) is 58.4 Å². The van der Waals surface area contributed by atoms with Crippen LogP contribution in [0.15, 0.2) is 66.7 Å². The SMILES string of the molecule is CC[C@@]1(CO)C[C@@H]2CC[C@H]1N2C(=O)c1cc(-c2ccccc2)nn1-c1ccccc1. The lowest BCUT2D eigenvalue weighted by Crippen LogP contribution is -2.42. The van der Waals surface area contributed by atoms with E-state index in [0.717, 1.165) is 42.6 Å². The number of aliphatic hydroxyl groups is 1. The van der Waals surface area contributed by atoms with Crippen molar-refractivity contribution in [3.8, 4) is 16.9 Å². The molecule has 5 heteroatoms. The molecular weight excluding hydrogens is 374 g/mol. The number of hydrogen-bond acceptors (Lipinski definition) is 3. The Bertz CT molecular complexity index is 1040. The maximum atomic E-state index is 13.8. The zero-order valence-corrected chi connectivity index (χ0v) is 17.2. The molecule has 3 aromatic rings. The van der Waals surface area contributed by atoms with Gasteiger partial charge < -0.3 is 10.0 Å². The monoisotopic (exact) mass is 401 g/mol. The van der Waals surface area contributed by atoms with E-state index in [4.69, 9.17) is 5.10 Å². The van der Waals surface area contributed by atoms with Crippen molar-refractivity contribution in [2.75, 3.05) is 6.61 Å². The Balaban J connectivity index is 1.58. The Labute approximate surface area is 177 Å². The molecule has 3 heterocycles. The summed E-state index contributed by atoms with van der Waals surface area (Å²) in [5, 5.41) is 14.9. The van der Waals surface area contributed by atoms with Crippen molar-refractivity contribution in [3.05, 3.63) is 72.4 Å². The van der Waals surface area contributed by atoms with E-state index in [1.165, 1.54) is 0 Å². The van der Waals surface area contributed by atoms with Gasteiger partial charge in [0.1, 0.15) is 5.69 Å². The minimum atomic E-state index is -0.168. The first-order chi connectivity index (χ1) is 14.7. The van der Waals surface area contributed by atoms with Crippen molar-refractivity contribution in [3.63, 3.8) is 0 Å². The highest BCUT2D eigenvalue weighted by atomic mass is 16.3. The molecule has 1 N–H and O–H groups in total. The van der Waals surface area contributed by atoms with Crippen LogP contribution in [-0.2, 0) is 0 Å². The van der Waals surface area contributed by atoms with Gasteiger partial charge in [-0.25, -0.2) is 4.68 Å². The first kappa shape index (κ1) is 19.1. The summed E-state index contributed by atoms with van der Waals surface area (Å²) in [6.45, 7) is 2.27. The summed E-state index contributed by atoms with van der Waals surface area (Å²) in [6.07, 6.45) is 3.77. The molecule has 1 amide bonds. The molecular formula is C25H27N3O2. The molecule has 1 aromatic heterocycles. The minimum Gasteiger partial charge on any atom is -0.396 e. The Morgan fingerprint density at radius 3 is 2.43 bits per heavy atom. The van der Waals surface area contributed by atoms with Crippen LogP contribution in [0.1, 0.15) is 43.1 Å². The zero-order chi connectivity index (χ0) is 20.7. The van der Waals surface area contributed by atoms with Crippen molar-refractivity contribution in [2.24, 2.45) is 5.41 Å². The molecule has 0 saturated carbocycles. The molecule has 2 aliphatic rings. The Kier molecular flexibility index (Phi) is 4.70. The molecule has 5 rings (SSSR count). The summed E-state index contributed by atoms with van der Waals surface area (Å²) in [4.78, 5) is 15.9. The third kappa shape index (κ3) is 2.88. The second kappa shape index (κ2) is 7.40. The van der Waals surface area contributed by atoms with Gasteiger partial charge in [0.2, 0.25) is 0 Å². The molecule has 5 nitrogen and oxygen atoms in total. The fourth-order valence-electron chi connectivity index (χ4n) is 5.44. The van der Waals surface area contributed by atoms with Crippen LogP contribution in [-0.4, -0.2) is 44.4 Å². The summed E-state index contributed by atoms with van der Waals surface area (Å²) >= 11 is 0. The van der Waals surface area contributed by atoms with Crippen molar-refractivity contribution in [1.29, 1.82) is 0 Å². The summed E-state index contributed by atoms with van der Waals surface area (Å²) in [5.41, 5.74) is 3.07. The van der Waals surface area contributed by atoms with Gasteiger partial charge in [-0.1, -0.05) is 55.5 Å². The van der Waals surface area contributed by atoms with Crippen LogP contribution in [0.3, 0.4) is 0 Å². The molecule has 0 radical (unpaired) electrons. The predicted octanol–water partition coefficient (Wildman–Crippen LogP) is 4.30. The third-order valence-electron chi connectivity index (χ3n) is 7.10. The number of aliphatic hydroxyl groups excluding tert-OH is 1. The van der Waals surface area contributed by atoms with E-state index in [-0.39, 0.29) is 30.0 Å². The van der Waals surface area contributed by atoms with Gasteiger partial charge in [0.05, 0.1) is 18.0 Å². The van der Waals surface area contributed by atoms with Crippen LogP contribution < -0.4 is 0 Å². The number of hydrogen-bond donors (Lipinski definition) is 1. The van der Waals surface area contributed by atoms with Crippen LogP contribution >= 0.6 is 0 Å². The number of carbonyl (C=O) groups excluding carboxylic acids is 1. The van der Waals surface area contributed by atoms with E-state index in [2.05, 4.69) is 6.92 Å². The Morgan fingerprint density at radius 2 is 1.80 bits per heavy atom. The fraction of sp³-hybridized carbons (Fsp3) is 0.360. The van der Waals surface area contributed by atoms with Crippen molar-refractivity contribution in [1.82, 2.24) is 14.7 Å². The van der Waals surface area contributed by atoms with E-state index >= 15 is 0 Å². The smallest absolute Gasteiger partial charge is 0.273 e. The van der Waals surface area contributed by atoms with Crippen LogP contribution in [0.2, 0.25) is 0 Å². The maximum Gasteiger partial charge on any atom is 0.273 e. The maximum absolute atomic E-state index is 13.8. The number of carbonyl (C=O) groups is 1. The van der Waals surface area contributed by atoms with Crippen molar-refractivity contribution in [2.45, 2.75) is 44.7 Å². The van der Waals surface area contributed by atoms with Crippen molar-refractivity contribution >= 4 is 5.91 Å². The Morgan fingerprint density at radius 1 is 1.10 bits per heavy atom. The number of rotatable bonds is 5. The van der Waals surface area contributed by atoms with E-state index in [0.29, 0.717) is 5.69 Å². The standard InChI is InChI=1S/C25H27N3O2/c1-2-25(17-29)16-20-13-14-23(25)27(20)24(30)22-15-21(18-9-5-3-6-10-18)26-28(22)19-11-7-4-8-12-19/h3-12,15,20,23,29H,2,13-14,16-17H2,1H3/t20-,23+,25-/m0/s1. The highest BCUT2D eigenvalue weighted by molar-refractivity contribution is 5.95. The van der Waals surface area contributed by atoms with Gasteiger partial charge in [0.15, 0.2) is 0 Å². The van der Waals surface area contributed by atoms with E-state index in [1.54, 1.807) is 4.68 Å². The van der Waals surface area contributed by atoms with Crippen LogP contribution in [0.25, 0.3) is 16.9 Å². The number of benzene rings is 2. The normalized spacial score (nSPS) is 25.1. The first-order valence-electron chi connectivity index (χ1n) is 10.8. The Hall–Kier alpha value is -2.92. The van der Waals surface area contributed by atoms with E-state index in [1.807, 2.05) is 71.6 Å². The highest BCUT2D eigenvalue weighted by Crippen LogP contribution is 2.52. The average molecular weight is 402 g/mol. The van der Waals surface area contributed by atoms with Gasteiger partial charge in [-0.05, 0) is 43.9 Å². The number of nitrogens with zero attached hydrogens (tertiary/aromatic N) is 3. The van der Waals surface area contributed by atoms with Crippen LogP contribution in [0.4, 0.5) is 0 Å². The molecule has 2 bridgehead atoms. The number of fused-ring (bicyclic) bond motifs is 2. The second-order valence-electron chi connectivity index (χ2n) is 8.57. The molecule has 30 heavy (non-hydrogen) atoms. The number of amides is 1. The van der Waals surface area contributed by atoms with Gasteiger partial charge in [-0.3, -0.25) is 4.79 Å². The molecule has 2 aromatic carbocycles. The summed E-state index contributed by atoms with van der Waals surface area (Å²) in [7, 11) is 0. The minimum absolute atomic E-state index is 0.0183. The molecule has 154 valence electrons. The highest BCUT2D eigenvalue weighted by Gasteiger charge is 2.56. The fourth-order valence-corrected chi connectivity index (χ4v) is 5.44. The van der Waals surface area contributed by atoms with Gasteiger partial charge in [0.25, 0.3) is 5.91 Å². The molecule has 2 fully saturated rings. The molecule has 2 aliphatic heterocycles. The lowest BCUT2D eigenvalue weighted by Gasteiger charge is -2.34. The lowest BCUT2D eigenvalue weighted by atomic mass is 9.72. The van der Waals surface area contributed by atoms with Crippen molar-refractivity contribution < 1.29 is 9.90 Å². The van der Waals surface area contributed by atoms with E-state index in [9.17, 15) is 9.90 Å². The van der Waals surface area contributed by atoms with E-state index < -0.39 is 0 Å². The number of aromatic nitrogens is 2. The molecule has 2 saturated heterocycles. The number of para-hydroxylation sites is 1. The quantitative estimate of drug-likeness (QED) is 0.693. The molecule has 0 unspecified atom stereocenters. The van der Waals surface area contributed by atoms with Crippen LogP contribution in [0, 0.1) is 5.41 Å². The lowest BCUT2D eigenvalue weighted by molar-refractivity contribution is 0.0550. The van der Waals surface area contributed by atoms with Gasteiger partial charge in [-0.2, -0.15) is 5.10 Å². The zero-order valence-electron chi connectivity index (χ0n) is 17.2.